The zero-order chi connectivity index (χ0) is 28.1. The summed E-state index contributed by atoms with van der Waals surface area (Å²) in [5.74, 6) is 0.893. The number of carbonyl (C=O) groups is 3. The minimum atomic E-state index is -0.555. The first-order valence-electron chi connectivity index (χ1n) is 12.4. The van der Waals surface area contributed by atoms with E-state index in [4.69, 9.17) is 18.9 Å². The summed E-state index contributed by atoms with van der Waals surface area (Å²) < 4.78 is 21.9. The lowest BCUT2D eigenvalue weighted by Crippen LogP contribution is -2.32. The molecule has 1 heterocycles. The summed E-state index contributed by atoms with van der Waals surface area (Å²) in [4.78, 5) is 39.6. The van der Waals surface area contributed by atoms with Crippen LogP contribution in [-0.2, 0) is 4.79 Å². The van der Waals surface area contributed by atoms with Crippen molar-refractivity contribution in [1.82, 2.24) is 4.90 Å². The molecule has 8 nitrogen and oxygen atoms in total. The van der Waals surface area contributed by atoms with Crippen molar-refractivity contribution in [3.05, 3.63) is 101 Å². The maximum absolute atomic E-state index is 13.0. The molecule has 5 rings (SSSR count). The lowest BCUT2D eigenvalue weighted by Gasteiger charge is -2.14. The van der Waals surface area contributed by atoms with Crippen LogP contribution in [0.4, 0.5) is 4.79 Å². The van der Waals surface area contributed by atoms with E-state index in [1.165, 1.54) is 12.0 Å². The quantitative estimate of drug-likeness (QED) is 0.137. The lowest BCUT2D eigenvalue weighted by molar-refractivity contribution is -0.123. The Morgan fingerprint density at radius 3 is 2.40 bits per heavy atom. The van der Waals surface area contributed by atoms with Crippen molar-refractivity contribution in [2.24, 2.45) is 0 Å². The number of carbonyl (C=O) groups excluding carboxylic acids is 3. The Morgan fingerprint density at radius 1 is 0.850 bits per heavy atom. The molecule has 40 heavy (non-hydrogen) atoms. The molecule has 0 saturated carbocycles. The molecule has 0 bridgehead atoms. The van der Waals surface area contributed by atoms with Crippen LogP contribution in [0.1, 0.15) is 15.9 Å². The van der Waals surface area contributed by atoms with Crippen LogP contribution < -0.4 is 18.9 Å². The van der Waals surface area contributed by atoms with Crippen molar-refractivity contribution in [2.45, 2.75) is 0 Å². The molecule has 0 atom stereocenters. The summed E-state index contributed by atoms with van der Waals surface area (Å²) in [7, 11) is 3.00. The molecule has 1 fully saturated rings. The molecule has 0 radical (unpaired) electrons. The number of fused-ring (bicyclic) bond motifs is 1. The topological polar surface area (TPSA) is 91.4 Å². The molecule has 0 N–H and O–H groups in total. The van der Waals surface area contributed by atoms with Gasteiger partial charge in [-0.1, -0.05) is 42.5 Å². The third-order valence-electron chi connectivity index (χ3n) is 6.21. The van der Waals surface area contributed by atoms with Crippen molar-refractivity contribution in [3.8, 4) is 23.0 Å². The number of imide groups is 1. The predicted molar refractivity (Wildman–Crippen MR) is 153 cm³/mol. The van der Waals surface area contributed by atoms with E-state index in [1.54, 1.807) is 55.7 Å². The molecule has 1 aliphatic heterocycles. The molecule has 1 aliphatic rings. The Labute approximate surface area is 235 Å². The number of thioether (sulfide) groups is 1. The van der Waals surface area contributed by atoms with Crippen LogP contribution in [-0.4, -0.2) is 49.4 Å². The van der Waals surface area contributed by atoms with Crippen molar-refractivity contribution >= 4 is 45.7 Å². The van der Waals surface area contributed by atoms with Gasteiger partial charge in [-0.15, -0.1) is 0 Å². The highest BCUT2D eigenvalue weighted by atomic mass is 32.2. The second kappa shape index (κ2) is 12.0. The number of hydrogen-bond acceptors (Lipinski definition) is 8. The van der Waals surface area contributed by atoms with Crippen LogP contribution in [0.3, 0.4) is 0 Å². The van der Waals surface area contributed by atoms with Crippen molar-refractivity contribution in [2.75, 3.05) is 27.4 Å². The molecule has 9 heteroatoms. The highest BCUT2D eigenvalue weighted by Crippen LogP contribution is 2.35. The molecule has 0 spiro atoms. The lowest BCUT2D eigenvalue weighted by atomic mass is 10.1. The van der Waals surface area contributed by atoms with Gasteiger partial charge in [0.1, 0.15) is 18.1 Å². The van der Waals surface area contributed by atoms with Crippen LogP contribution in [0.15, 0.2) is 89.8 Å². The highest BCUT2D eigenvalue weighted by molar-refractivity contribution is 8.18. The second-order valence-electron chi connectivity index (χ2n) is 8.69. The molecule has 0 aliphatic carbocycles. The number of nitrogens with zero attached hydrogens (tertiary/aromatic N) is 1. The molecular formula is C31H25NO7S. The average Bonchev–Trinajstić information content (AvgIpc) is 3.25. The Bertz CT molecular complexity index is 1610. The van der Waals surface area contributed by atoms with Gasteiger partial charge < -0.3 is 18.9 Å². The molecule has 1 saturated heterocycles. The van der Waals surface area contributed by atoms with E-state index >= 15 is 0 Å². The fourth-order valence-electron chi connectivity index (χ4n) is 4.16. The summed E-state index contributed by atoms with van der Waals surface area (Å²) in [5, 5.41) is 1.65. The van der Waals surface area contributed by atoms with E-state index in [0.717, 1.165) is 22.5 Å². The summed E-state index contributed by atoms with van der Waals surface area (Å²) in [6, 6.07) is 25.0. The Kier molecular flexibility index (Phi) is 8.02. The molecule has 0 aromatic heterocycles. The third kappa shape index (κ3) is 5.79. The van der Waals surface area contributed by atoms with E-state index in [9.17, 15) is 14.4 Å². The van der Waals surface area contributed by atoms with Gasteiger partial charge in [-0.3, -0.25) is 14.5 Å². The summed E-state index contributed by atoms with van der Waals surface area (Å²) in [6.45, 7) is 0.288. The summed E-state index contributed by atoms with van der Waals surface area (Å²) >= 11 is 0.861. The van der Waals surface area contributed by atoms with Crippen LogP contribution in [0.5, 0.6) is 23.0 Å². The zero-order valence-electron chi connectivity index (χ0n) is 21.8. The summed E-state index contributed by atoms with van der Waals surface area (Å²) in [5.41, 5.74) is 0.962. The maximum Gasteiger partial charge on any atom is 0.343 e. The zero-order valence-corrected chi connectivity index (χ0v) is 22.6. The SMILES string of the molecule is COc1ccc(C(=O)Oc2ccc(/C=C3\SC(=O)N(CCOc4cccc5ccccc45)C3=O)cc2OC)cc1. The standard InChI is InChI=1S/C31H25NO7S/c1-36-23-13-11-22(12-14-23)30(34)39-26-15-10-20(18-27(26)37-2)19-28-29(33)32(31(35)40-28)16-17-38-25-9-5-7-21-6-3-4-8-24(21)25/h3-15,18-19H,16-17H2,1-2H3/b28-19-. The Hall–Kier alpha value is -4.76. The molecule has 202 valence electrons. The van der Waals surface area contributed by atoms with Gasteiger partial charge in [0.2, 0.25) is 0 Å². The number of hydrogen-bond donors (Lipinski definition) is 0. The first kappa shape index (κ1) is 26.8. The van der Waals surface area contributed by atoms with Crippen LogP contribution >= 0.6 is 11.8 Å². The number of ether oxygens (including phenoxy) is 4. The molecule has 4 aromatic carbocycles. The van der Waals surface area contributed by atoms with Gasteiger partial charge in [-0.25, -0.2) is 4.79 Å². The van der Waals surface area contributed by atoms with E-state index in [1.807, 2.05) is 42.5 Å². The molecular weight excluding hydrogens is 530 g/mol. The maximum atomic E-state index is 13.0. The minimum Gasteiger partial charge on any atom is -0.497 e. The van der Waals surface area contributed by atoms with Gasteiger partial charge in [-0.05, 0) is 71.3 Å². The average molecular weight is 556 g/mol. The number of rotatable bonds is 9. The van der Waals surface area contributed by atoms with Crippen molar-refractivity contribution < 1.29 is 33.3 Å². The monoisotopic (exact) mass is 555 g/mol. The van der Waals surface area contributed by atoms with Gasteiger partial charge in [0, 0.05) is 5.39 Å². The number of esters is 1. The third-order valence-corrected chi connectivity index (χ3v) is 7.12. The number of amides is 2. The largest absolute Gasteiger partial charge is 0.497 e. The Morgan fingerprint density at radius 2 is 1.62 bits per heavy atom. The fourth-order valence-corrected chi connectivity index (χ4v) is 5.02. The van der Waals surface area contributed by atoms with Crippen LogP contribution in [0.25, 0.3) is 16.8 Å². The second-order valence-corrected chi connectivity index (χ2v) is 9.68. The van der Waals surface area contributed by atoms with E-state index < -0.39 is 11.9 Å². The number of methoxy groups -OCH3 is 2. The molecule has 0 unspecified atom stereocenters. The van der Waals surface area contributed by atoms with Gasteiger partial charge in [0.25, 0.3) is 11.1 Å². The predicted octanol–water partition coefficient (Wildman–Crippen LogP) is 6.19. The van der Waals surface area contributed by atoms with Gasteiger partial charge in [-0.2, -0.15) is 0 Å². The highest BCUT2D eigenvalue weighted by Gasteiger charge is 2.35. The van der Waals surface area contributed by atoms with E-state index in [2.05, 4.69) is 0 Å². The Balaban J connectivity index is 1.24. The van der Waals surface area contributed by atoms with Crippen LogP contribution in [0, 0.1) is 0 Å². The fraction of sp³-hybridized carbons (Fsp3) is 0.129. The van der Waals surface area contributed by atoms with Gasteiger partial charge in [0.05, 0.1) is 31.2 Å². The van der Waals surface area contributed by atoms with Gasteiger partial charge >= 0.3 is 5.97 Å². The minimum absolute atomic E-state index is 0.120. The first-order valence-corrected chi connectivity index (χ1v) is 13.2. The smallest absolute Gasteiger partial charge is 0.343 e. The van der Waals surface area contributed by atoms with E-state index in [-0.39, 0.29) is 29.0 Å². The number of benzene rings is 4. The van der Waals surface area contributed by atoms with Gasteiger partial charge in [0.15, 0.2) is 11.5 Å². The normalized spacial score (nSPS) is 14.1. The molecule has 4 aromatic rings. The first-order chi connectivity index (χ1) is 19.5. The van der Waals surface area contributed by atoms with Crippen LogP contribution in [0.2, 0.25) is 0 Å². The van der Waals surface area contributed by atoms with Crippen molar-refractivity contribution in [3.63, 3.8) is 0 Å². The van der Waals surface area contributed by atoms with E-state index in [0.29, 0.717) is 28.4 Å². The summed E-state index contributed by atoms with van der Waals surface area (Å²) in [6.07, 6.45) is 1.61. The van der Waals surface area contributed by atoms with Crippen molar-refractivity contribution in [1.29, 1.82) is 0 Å². The molecule has 2 amide bonds.